The van der Waals surface area contributed by atoms with E-state index in [0.717, 1.165) is 55.6 Å². The number of rotatable bonds is 3. The molecule has 0 fully saturated rings. The molecule has 0 amide bonds. The Kier molecular flexibility index (Phi) is 4.72. The molecule has 2 aromatic heterocycles. The fourth-order valence-electron chi connectivity index (χ4n) is 7.25. The van der Waals surface area contributed by atoms with E-state index in [1.165, 1.54) is 38.6 Å². The van der Waals surface area contributed by atoms with Crippen LogP contribution in [0.5, 0.6) is 0 Å². The molecule has 9 aromatic rings. The number of aromatic nitrogens is 2. The number of imidazole rings is 1. The topological polar surface area (TPSA) is 31.0 Å². The number of nitrogens with zero attached hydrogens (tertiary/aromatic N) is 2. The average molecular weight is 561 g/mol. The summed E-state index contributed by atoms with van der Waals surface area (Å²) in [5.41, 5.74) is 13.6. The Labute approximate surface area is 253 Å². The number of hydrogen-bond acceptors (Lipinski definition) is 2. The van der Waals surface area contributed by atoms with Gasteiger partial charge in [-0.3, -0.25) is 4.57 Å². The molecule has 0 bridgehead atoms. The van der Waals surface area contributed by atoms with Crippen LogP contribution in [0.1, 0.15) is 0 Å². The molecule has 1 aliphatic carbocycles. The van der Waals surface area contributed by atoms with Gasteiger partial charge in [-0.25, -0.2) is 4.98 Å². The fraction of sp³-hybridized carbons (Fsp3) is 0. The Morgan fingerprint density at radius 3 is 2.05 bits per heavy atom. The first-order chi connectivity index (χ1) is 21.8. The molecule has 7 aromatic carbocycles. The van der Waals surface area contributed by atoms with Gasteiger partial charge in [0.2, 0.25) is 0 Å². The van der Waals surface area contributed by atoms with Crippen LogP contribution in [0.25, 0.3) is 94.2 Å². The number of para-hydroxylation sites is 2. The first kappa shape index (κ1) is 23.6. The molecule has 3 nitrogen and oxygen atoms in total. The van der Waals surface area contributed by atoms with Gasteiger partial charge in [0.15, 0.2) is 0 Å². The lowest BCUT2D eigenvalue weighted by Gasteiger charge is -2.11. The standard InChI is InChI=1S/C41H24N2O/c1-2-10-26(11-3-1)41-42-35-17-6-7-18-36(35)43(41)27-22-20-25(21-23-27)28-14-9-19-37-39(28)34-24-33-30-13-5-4-12-29(30)31-15-8-16-32(38(31)33)40(34)44-37/h1-24H. The van der Waals surface area contributed by atoms with Gasteiger partial charge in [0, 0.05) is 32.8 Å². The highest BCUT2D eigenvalue weighted by Gasteiger charge is 2.25. The molecule has 2 heterocycles. The van der Waals surface area contributed by atoms with Gasteiger partial charge in [-0.2, -0.15) is 0 Å². The number of hydrogen-bond donors (Lipinski definition) is 0. The predicted octanol–water partition coefficient (Wildman–Crippen LogP) is 11.1. The van der Waals surface area contributed by atoms with E-state index < -0.39 is 0 Å². The molecule has 1 aliphatic rings. The lowest BCUT2D eigenvalue weighted by atomic mass is 9.95. The minimum atomic E-state index is 0.909. The molecule has 0 saturated heterocycles. The van der Waals surface area contributed by atoms with Crippen molar-refractivity contribution in [3.63, 3.8) is 0 Å². The molecule has 0 atom stereocenters. The number of furan rings is 1. The van der Waals surface area contributed by atoms with Crippen molar-refractivity contribution in [1.82, 2.24) is 9.55 Å². The van der Waals surface area contributed by atoms with E-state index in [0.29, 0.717) is 0 Å². The summed E-state index contributed by atoms with van der Waals surface area (Å²) >= 11 is 0. The van der Waals surface area contributed by atoms with Crippen LogP contribution in [0, 0.1) is 0 Å². The van der Waals surface area contributed by atoms with Crippen LogP contribution in [0.4, 0.5) is 0 Å². The first-order valence-corrected chi connectivity index (χ1v) is 15.0. The highest BCUT2D eigenvalue weighted by atomic mass is 16.3. The van der Waals surface area contributed by atoms with Crippen LogP contribution in [0.2, 0.25) is 0 Å². The molecule has 204 valence electrons. The summed E-state index contributed by atoms with van der Waals surface area (Å²) in [5.74, 6) is 0.937. The predicted molar refractivity (Wildman–Crippen MR) is 181 cm³/mol. The molecule has 44 heavy (non-hydrogen) atoms. The fourth-order valence-corrected chi connectivity index (χ4v) is 7.25. The van der Waals surface area contributed by atoms with Crippen molar-refractivity contribution in [3.05, 3.63) is 146 Å². The van der Waals surface area contributed by atoms with Gasteiger partial charge in [0.1, 0.15) is 17.0 Å². The quantitative estimate of drug-likeness (QED) is 0.215. The second-order valence-electron chi connectivity index (χ2n) is 11.5. The van der Waals surface area contributed by atoms with Gasteiger partial charge in [-0.05, 0) is 69.8 Å². The van der Waals surface area contributed by atoms with Crippen LogP contribution in [-0.4, -0.2) is 9.55 Å². The molecular weight excluding hydrogens is 536 g/mol. The molecule has 3 heteroatoms. The van der Waals surface area contributed by atoms with Crippen LogP contribution < -0.4 is 0 Å². The maximum absolute atomic E-state index is 6.65. The van der Waals surface area contributed by atoms with Gasteiger partial charge in [-0.1, -0.05) is 109 Å². The Morgan fingerprint density at radius 1 is 0.477 bits per heavy atom. The van der Waals surface area contributed by atoms with Crippen LogP contribution in [-0.2, 0) is 0 Å². The highest BCUT2D eigenvalue weighted by Crippen LogP contribution is 2.51. The van der Waals surface area contributed by atoms with E-state index in [1.807, 2.05) is 12.1 Å². The molecule has 0 spiro atoms. The minimum absolute atomic E-state index is 0.909. The van der Waals surface area contributed by atoms with Gasteiger partial charge in [-0.15, -0.1) is 0 Å². The van der Waals surface area contributed by atoms with Crippen molar-refractivity contribution in [1.29, 1.82) is 0 Å². The van der Waals surface area contributed by atoms with E-state index in [9.17, 15) is 0 Å². The van der Waals surface area contributed by atoms with Crippen molar-refractivity contribution in [3.8, 4) is 50.5 Å². The van der Waals surface area contributed by atoms with Gasteiger partial charge < -0.3 is 4.42 Å². The van der Waals surface area contributed by atoms with E-state index in [4.69, 9.17) is 9.40 Å². The summed E-state index contributed by atoms with van der Waals surface area (Å²) in [4.78, 5) is 5.02. The first-order valence-electron chi connectivity index (χ1n) is 15.0. The van der Waals surface area contributed by atoms with Crippen molar-refractivity contribution in [2.75, 3.05) is 0 Å². The highest BCUT2D eigenvalue weighted by molar-refractivity contribution is 6.27. The summed E-state index contributed by atoms with van der Waals surface area (Å²) < 4.78 is 8.90. The van der Waals surface area contributed by atoms with Crippen LogP contribution >= 0.6 is 0 Å². The maximum Gasteiger partial charge on any atom is 0.145 e. The second-order valence-corrected chi connectivity index (χ2v) is 11.5. The van der Waals surface area contributed by atoms with Gasteiger partial charge in [0.25, 0.3) is 0 Å². The van der Waals surface area contributed by atoms with Crippen LogP contribution in [0.3, 0.4) is 0 Å². The minimum Gasteiger partial charge on any atom is -0.455 e. The smallest absolute Gasteiger partial charge is 0.145 e. The monoisotopic (exact) mass is 560 g/mol. The largest absolute Gasteiger partial charge is 0.455 e. The lowest BCUT2D eigenvalue weighted by Crippen LogP contribution is -1.97. The zero-order valence-corrected chi connectivity index (χ0v) is 23.7. The van der Waals surface area contributed by atoms with E-state index in [2.05, 4.69) is 138 Å². The van der Waals surface area contributed by atoms with E-state index in [1.54, 1.807) is 0 Å². The molecular formula is C41H24N2O. The second kappa shape index (κ2) is 8.79. The molecule has 10 rings (SSSR count). The maximum atomic E-state index is 6.65. The Morgan fingerprint density at radius 2 is 1.18 bits per heavy atom. The SMILES string of the molecule is c1ccc(-c2nc3ccccc3n2-c2ccc(-c3cccc4oc5c6cccc7c6c(cc5c34)-c3ccccc3-7)cc2)cc1. The summed E-state index contributed by atoms with van der Waals surface area (Å²) in [5, 5.41) is 4.77. The van der Waals surface area contributed by atoms with E-state index >= 15 is 0 Å². The van der Waals surface area contributed by atoms with E-state index in [-0.39, 0.29) is 0 Å². The van der Waals surface area contributed by atoms with Crippen LogP contribution in [0.15, 0.2) is 150 Å². The summed E-state index contributed by atoms with van der Waals surface area (Å²) in [6.07, 6.45) is 0. The normalized spacial score (nSPS) is 12.1. The van der Waals surface area contributed by atoms with Crippen molar-refractivity contribution < 1.29 is 4.42 Å². The summed E-state index contributed by atoms with van der Waals surface area (Å²) in [6.45, 7) is 0. The molecule has 0 N–H and O–H groups in total. The molecule has 0 saturated carbocycles. The number of fused-ring (bicyclic) bond motifs is 8. The van der Waals surface area contributed by atoms with Gasteiger partial charge >= 0.3 is 0 Å². The number of benzene rings is 7. The summed E-state index contributed by atoms with van der Waals surface area (Å²) in [6, 6.07) is 51.6. The average Bonchev–Trinajstić information content (AvgIpc) is 3.77. The Balaban J connectivity index is 1.18. The van der Waals surface area contributed by atoms with Gasteiger partial charge in [0.05, 0.1) is 11.0 Å². The molecule has 0 aliphatic heterocycles. The lowest BCUT2D eigenvalue weighted by molar-refractivity contribution is 0.673. The Hall–Kier alpha value is -5.93. The molecule has 0 radical (unpaired) electrons. The van der Waals surface area contributed by atoms with Crippen molar-refractivity contribution >= 4 is 43.7 Å². The molecule has 0 unspecified atom stereocenters. The third kappa shape index (κ3) is 3.18. The Bertz CT molecular complexity index is 2590. The third-order valence-corrected chi connectivity index (χ3v) is 9.16. The summed E-state index contributed by atoms with van der Waals surface area (Å²) in [7, 11) is 0. The van der Waals surface area contributed by atoms with Crippen molar-refractivity contribution in [2.24, 2.45) is 0 Å². The zero-order chi connectivity index (χ0) is 28.8. The van der Waals surface area contributed by atoms with Crippen molar-refractivity contribution in [2.45, 2.75) is 0 Å². The third-order valence-electron chi connectivity index (χ3n) is 9.16. The zero-order valence-electron chi connectivity index (χ0n) is 23.7.